The summed E-state index contributed by atoms with van der Waals surface area (Å²) in [5.41, 5.74) is 0.916. The first-order chi connectivity index (χ1) is 7.00. The second kappa shape index (κ2) is 3.01. The number of hydrogen-bond acceptors (Lipinski definition) is 4. The minimum Gasteiger partial charge on any atom is -0.290 e. The fourth-order valence-electron chi connectivity index (χ4n) is 1.28. The maximum Gasteiger partial charge on any atom is 0.329 e. The van der Waals surface area contributed by atoms with Crippen LogP contribution in [-0.4, -0.2) is 19.5 Å². The first kappa shape index (κ1) is 9.57. The lowest BCUT2D eigenvalue weighted by Crippen LogP contribution is -2.33. The summed E-state index contributed by atoms with van der Waals surface area (Å²) in [7, 11) is 1.40. The Hall–Kier alpha value is -1.98. The van der Waals surface area contributed by atoms with Crippen molar-refractivity contribution in [3.63, 3.8) is 0 Å². The molecular weight excluding hydrogens is 196 g/mol. The molecule has 0 spiro atoms. The second-order valence-electron chi connectivity index (χ2n) is 3.39. The average Bonchev–Trinajstić information content (AvgIpc) is 2.19. The van der Waals surface area contributed by atoms with Gasteiger partial charge in [0, 0.05) is 7.05 Å². The highest BCUT2D eigenvalue weighted by molar-refractivity contribution is 5.68. The quantitative estimate of drug-likeness (QED) is 0.638. The van der Waals surface area contributed by atoms with Gasteiger partial charge in [-0.15, -0.1) is 0 Å². The third kappa shape index (κ3) is 1.34. The zero-order valence-corrected chi connectivity index (χ0v) is 8.66. The Labute approximate surface area is 84.6 Å². The van der Waals surface area contributed by atoms with E-state index in [4.69, 9.17) is 0 Å². The molecule has 0 amide bonds. The van der Waals surface area contributed by atoms with Gasteiger partial charge in [-0.05, 0) is 13.8 Å². The monoisotopic (exact) mass is 206 g/mol. The largest absolute Gasteiger partial charge is 0.329 e. The number of rotatable bonds is 0. The lowest BCUT2D eigenvalue weighted by molar-refractivity contribution is 0.784. The number of hydrogen-bond donors (Lipinski definition) is 1. The predicted octanol–water partition coefficient (Wildman–Crippen LogP) is -0.366. The minimum absolute atomic E-state index is 0.195. The van der Waals surface area contributed by atoms with Crippen molar-refractivity contribution >= 4 is 11.2 Å². The Kier molecular flexibility index (Phi) is 1.92. The molecule has 0 bridgehead atoms. The van der Waals surface area contributed by atoms with E-state index in [2.05, 4.69) is 15.0 Å². The predicted molar refractivity (Wildman–Crippen MR) is 54.9 cm³/mol. The van der Waals surface area contributed by atoms with E-state index in [1.165, 1.54) is 7.05 Å². The third-order valence-electron chi connectivity index (χ3n) is 2.34. The first-order valence-electron chi connectivity index (χ1n) is 4.45. The van der Waals surface area contributed by atoms with E-state index in [-0.39, 0.29) is 11.2 Å². The van der Waals surface area contributed by atoms with Crippen LogP contribution in [-0.2, 0) is 7.05 Å². The van der Waals surface area contributed by atoms with Crippen LogP contribution < -0.4 is 11.2 Å². The van der Waals surface area contributed by atoms with Gasteiger partial charge in [0.1, 0.15) is 0 Å². The van der Waals surface area contributed by atoms with Crippen LogP contribution in [0.5, 0.6) is 0 Å². The van der Waals surface area contributed by atoms with Crippen molar-refractivity contribution in [3.05, 3.63) is 32.2 Å². The molecule has 0 aliphatic rings. The molecule has 0 aromatic carbocycles. The van der Waals surface area contributed by atoms with Crippen LogP contribution in [0.1, 0.15) is 11.4 Å². The Bertz CT molecular complexity index is 653. The summed E-state index contributed by atoms with van der Waals surface area (Å²) in [5, 5.41) is 0. The molecule has 6 nitrogen and oxygen atoms in total. The van der Waals surface area contributed by atoms with Crippen LogP contribution in [0.2, 0.25) is 0 Å². The standard InChI is InChI=1S/C9H10N4O2/c1-4-5(2)11-7-6(10-4)8(14)13(3)9(15)12-7/h1-3H3,(H,11,12,15). The van der Waals surface area contributed by atoms with Crippen molar-refractivity contribution in [3.8, 4) is 0 Å². The topological polar surface area (TPSA) is 80.6 Å². The summed E-state index contributed by atoms with van der Waals surface area (Å²) >= 11 is 0. The summed E-state index contributed by atoms with van der Waals surface area (Å²) in [5.74, 6) is 0. The van der Waals surface area contributed by atoms with Gasteiger partial charge in [0.05, 0.1) is 11.4 Å². The van der Waals surface area contributed by atoms with E-state index in [0.717, 1.165) is 4.57 Å². The van der Waals surface area contributed by atoms with Crippen LogP contribution in [0.15, 0.2) is 9.59 Å². The molecule has 2 aromatic heterocycles. The molecule has 0 radical (unpaired) electrons. The number of aryl methyl sites for hydroxylation is 2. The molecule has 0 atom stereocenters. The summed E-state index contributed by atoms with van der Waals surface area (Å²) in [6.45, 7) is 3.55. The second-order valence-corrected chi connectivity index (χ2v) is 3.39. The minimum atomic E-state index is -0.481. The summed E-state index contributed by atoms with van der Waals surface area (Å²) in [4.78, 5) is 33.7. The summed E-state index contributed by atoms with van der Waals surface area (Å²) in [6, 6.07) is 0. The van der Waals surface area contributed by atoms with Crippen molar-refractivity contribution in [2.45, 2.75) is 13.8 Å². The molecule has 0 fully saturated rings. The molecule has 2 rings (SSSR count). The molecule has 1 N–H and O–H groups in total. The first-order valence-corrected chi connectivity index (χ1v) is 4.45. The molecule has 0 aliphatic heterocycles. The van der Waals surface area contributed by atoms with Gasteiger partial charge in [0.2, 0.25) is 0 Å². The molecule has 0 saturated carbocycles. The van der Waals surface area contributed by atoms with E-state index in [1.54, 1.807) is 13.8 Å². The van der Waals surface area contributed by atoms with Gasteiger partial charge in [-0.3, -0.25) is 14.3 Å². The lowest BCUT2D eigenvalue weighted by atomic mass is 10.3. The highest BCUT2D eigenvalue weighted by Gasteiger charge is 2.08. The highest BCUT2D eigenvalue weighted by Crippen LogP contribution is 2.03. The van der Waals surface area contributed by atoms with Crippen LogP contribution in [0.25, 0.3) is 11.2 Å². The zero-order valence-electron chi connectivity index (χ0n) is 8.66. The molecule has 6 heteroatoms. The van der Waals surface area contributed by atoms with E-state index < -0.39 is 11.2 Å². The van der Waals surface area contributed by atoms with Gasteiger partial charge < -0.3 is 0 Å². The SMILES string of the molecule is Cc1nc2[nH]c(=O)n(C)c(=O)c2nc1C. The summed E-state index contributed by atoms with van der Waals surface area (Å²) in [6.07, 6.45) is 0. The highest BCUT2D eigenvalue weighted by atomic mass is 16.2. The van der Waals surface area contributed by atoms with Gasteiger partial charge >= 0.3 is 5.69 Å². The molecule has 0 unspecified atom stereocenters. The molecule has 2 aromatic rings. The molecule has 15 heavy (non-hydrogen) atoms. The van der Waals surface area contributed by atoms with Crippen LogP contribution >= 0.6 is 0 Å². The molecule has 2 heterocycles. The summed E-state index contributed by atoms with van der Waals surface area (Å²) < 4.78 is 0.978. The maximum atomic E-state index is 11.7. The Morgan fingerprint density at radius 1 is 1.13 bits per heavy atom. The normalized spacial score (nSPS) is 10.9. The van der Waals surface area contributed by atoms with E-state index in [9.17, 15) is 9.59 Å². The Morgan fingerprint density at radius 3 is 2.40 bits per heavy atom. The molecule has 0 saturated heterocycles. The smallest absolute Gasteiger partial charge is 0.290 e. The molecule has 0 aliphatic carbocycles. The number of fused-ring (bicyclic) bond motifs is 1. The van der Waals surface area contributed by atoms with Crippen molar-refractivity contribution in [1.29, 1.82) is 0 Å². The van der Waals surface area contributed by atoms with E-state index in [0.29, 0.717) is 11.4 Å². The van der Waals surface area contributed by atoms with Crippen LogP contribution in [0, 0.1) is 13.8 Å². The van der Waals surface area contributed by atoms with Gasteiger partial charge in [0.25, 0.3) is 5.56 Å². The fourth-order valence-corrected chi connectivity index (χ4v) is 1.28. The van der Waals surface area contributed by atoms with Crippen molar-refractivity contribution in [2.75, 3.05) is 0 Å². The van der Waals surface area contributed by atoms with Crippen LogP contribution in [0.3, 0.4) is 0 Å². The third-order valence-corrected chi connectivity index (χ3v) is 2.34. The average molecular weight is 206 g/mol. The zero-order chi connectivity index (χ0) is 11.2. The van der Waals surface area contributed by atoms with E-state index >= 15 is 0 Å². The van der Waals surface area contributed by atoms with Gasteiger partial charge in [-0.25, -0.2) is 14.8 Å². The fraction of sp³-hybridized carbons (Fsp3) is 0.333. The number of aromatic nitrogens is 4. The van der Waals surface area contributed by atoms with E-state index in [1.807, 2.05) is 0 Å². The van der Waals surface area contributed by atoms with Gasteiger partial charge in [-0.1, -0.05) is 0 Å². The van der Waals surface area contributed by atoms with Crippen molar-refractivity contribution < 1.29 is 0 Å². The van der Waals surface area contributed by atoms with Crippen molar-refractivity contribution in [2.24, 2.45) is 7.05 Å². The number of nitrogens with one attached hydrogen (secondary N) is 1. The number of H-pyrrole nitrogens is 1. The molecular formula is C9H10N4O2. The van der Waals surface area contributed by atoms with Crippen LogP contribution in [0.4, 0.5) is 0 Å². The maximum absolute atomic E-state index is 11.7. The molecule has 78 valence electrons. The van der Waals surface area contributed by atoms with Gasteiger partial charge in [-0.2, -0.15) is 0 Å². The lowest BCUT2D eigenvalue weighted by Gasteiger charge is -2.02. The Morgan fingerprint density at radius 2 is 1.73 bits per heavy atom. The number of nitrogens with zero attached hydrogens (tertiary/aromatic N) is 3. The van der Waals surface area contributed by atoms with Crippen molar-refractivity contribution in [1.82, 2.24) is 19.5 Å². The van der Waals surface area contributed by atoms with Gasteiger partial charge in [0.15, 0.2) is 11.2 Å². The Balaban J connectivity index is 3.07. The number of aromatic amines is 1.